The lowest BCUT2D eigenvalue weighted by molar-refractivity contribution is 0.0162. The second kappa shape index (κ2) is 8.97. The molecule has 138 valence electrons. The third-order valence-electron chi connectivity index (χ3n) is 5.00. The molecule has 2 aromatic rings. The van der Waals surface area contributed by atoms with E-state index >= 15 is 0 Å². The van der Waals surface area contributed by atoms with Gasteiger partial charge in [0, 0.05) is 25.2 Å². The Balaban J connectivity index is 1.73. The largest absolute Gasteiger partial charge is 0.379 e. The van der Waals surface area contributed by atoms with E-state index in [9.17, 15) is 4.79 Å². The average molecular weight is 352 g/mol. The Bertz CT molecular complexity index is 721. The first kappa shape index (κ1) is 18.6. The number of amides is 1. The topological polar surface area (TPSA) is 41.6 Å². The summed E-state index contributed by atoms with van der Waals surface area (Å²) in [5, 5.41) is 3.13. The molecule has 1 saturated heterocycles. The van der Waals surface area contributed by atoms with Crippen LogP contribution >= 0.6 is 0 Å². The van der Waals surface area contributed by atoms with Crippen LogP contribution in [-0.2, 0) is 11.2 Å². The predicted octanol–water partition coefficient (Wildman–Crippen LogP) is 3.36. The fraction of sp³-hybridized carbons (Fsp3) is 0.409. The van der Waals surface area contributed by atoms with E-state index in [-0.39, 0.29) is 11.9 Å². The molecule has 1 fully saturated rings. The summed E-state index contributed by atoms with van der Waals surface area (Å²) in [6, 6.07) is 16.6. The number of nitrogens with one attached hydrogen (secondary N) is 1. The van der Waals surface area contributed by atoms with Crippen LogP contribution in [0.3, 0.4) is 0 Å². The molecule has 1 amide bonds. The minimum atomic E-state index is -0.0165. The highest BCUT2D eigenvalue weighted by Gasteiger charge is 2.23. The first-order valence-corrected chi connectivity index (χ1v) is 9.43. The zero-order valence-electron chi connectivity index (χ0n) is 15.7. The lowest BCUT2D eigenvalue weighted by atomic mass is 10.0. The van der Waals surface area contributed by atoms with Gasteiger partial charge in [-0.05, 0) is 36.6 Å². The molecular formula is C22H28N2O2. The summed E-state index contributed by atoms with van der Waals surface area (Å²) >= 11 is 0. The van der Waals surface area contributed by atoms with Crippen LogP contribution < -0.4 is 5.32 Å². The molecule has 26 heavy (non-hydrogen) atoms. The third kappa shape index (κ3) is 4.71. The van der Waals surface area contributed by atoms with Gasteiger partial charge in [0.15, 0.2) is 0 Å². The Hall–Kier alpha value is -2.17. The van der Waals surface area contributed by atoms with Gasteiger partial charge in [-0.2, -0.15) is 0 Å². The molecule has 4 nitrogen and oxygen atoms in total. The molecule has 0 bridgehead atoms. The van der Waals surface area contributed by atoms with Gasteiger partial charge < -0.3 is 10.1 Å². The van der Waals surface area contributed by atoms with Gasteiger partial charge in [0.05, 0.1) is 19.3 Å². The normalized spacial score (nSPS) is 16.2. The van der Waals surface area contributed by atoms with E-state index in [2.05, 4.69) is 41.4 Å². The van der Waals surface area contributed by atoms with Crippen molar-refractivity contribution in [2.24, 2.45) is 0 Å². The highest BCUT2D eigenvalue weighted by molar-refractivity contribution is 5.94. The molecular weight excluding hydrogens is 324 g/mol. The molecule has 1 aliphatic rings. The number of carbonyl (C=O) groups is 1. The summed E-state index contributed by atoms with van der Waals surface area (Å²) in [6.07, 6.45) is 1.03. The van der Waals surface area contributed by atoms with Crippen LogP contribution in [0.2, 0.25) is 0 Å². The smallest absolute Gasteiger partial charge is 0.251 e. The minimum Gasteiger partial charge on any atom is -0.379 e. The Morgan fingerprint density at radius 1 is 1.15 bits per heavy atom. The molecule has 0 aliphatic carbocycles. The molecule has 1 N–H and O–H groups in total. The summed E-state index contributed by atoms with van der Waals surface area (Å²) in [5.41, 5.74) is 4.39. The number of morpholine rings is 1. The van der Waals surface area contributed by atoms with Crippen LogP contribution in [0.4, 0.5) is 0 Å². The van der Waals surface area contributed by atoms with Gasteiger partial charge in [0.25, 0.3) is 5.91 Å². The second-order valence-electron chi connectivity index (χ2n) is 6.84. The Morgan fingerprint density at radius 3 is 2.54 bits per heavy atom. The van der Waals surface area contributed by atoms with Crippen molar-refractivity contribution in [2.45, 2.75) is 26.3 Å². The van der Waals surface area contributed by atoms with E-state index in [0.717, 1.165) is 38.3 Å². The van der Waals surface area contributed by atoms with E-state index in [1.54, 1.807) is 0 Å². The van der Waals surface area contributed by atoms with Crippen molar-refractivity contribution in [2.75, 3.05) is 32.8 Å². The molecule has 3 rings (SSSR count). The summed E-state index contributed by atoms with van der Waals surface area (Å²) < 4.78 is 5.50. The second-order valence-corrected chi connectivity index (χ2v) is 6.84. The number of aryl methyl sites for hydroxylation is 2. The standard InChI is InChI=1S/C22H28N2O2/c1-3-18-7-9-19(10-8-18)21(24-11-13-26-14-12-24)16-23-22(25)20-6-4-5-17(2)15-20/h4-10,15,21H,3,11-14,16H2,1-2H3,(H,23,25)/t21-/m1/s1. The van der Waals surface area contributed by atoms with E-state index < -0.39 is 0 Å². The first-order valence-electron chi connectivity index (χ1n) is 9.43. The van der Waals surface area contributed by atoms with Crippen LogP contribution in [0.1, 0.15) is 40.0 Å². The van der Waals surface area contributed by atoms with Crippen LogP contribution in [-0.4, -0.2) is 43.7 Å². The van der Waals surface area contributed by atoms with Gasteiger partial charge in [-0.1, -0.05) is 48.9 Å². The van der Waals surface area contributed by atoms with Gasteiger partial charge in [0.2, 0.25) is 0 Å². The molecule has 1 aliphatic heterocycles. The number of ether oxygens (including phenoxy) is 1. The van der Waals surface area contributed by atoms with Gasteiger partial charge in [-0.25, -0.2) is 0 Å². The van der Waals surface area contributed by atoms with E-state index in [4.69, 9.17) is 4.74 Å². The van der Waals surface area contributed by atoms with Crippen molar-refractivity contribution in [1.82, 2.24) is 10.2 Å². The number of nitrogens with zero attached hydrogens (tertiary/aromatic N) is 1. The van der Waals surface area contributed by atoms with Crippen molar-refractivity contribution in [3.05, 3.63) is 70.8 Å². The molecule has 1 heterocycles. The maximum Gasteiger partial charge on any atom is 0.251 e. The molecule has 0 aromatic heterocycles. The summed E-state index contributed by atoms with van der Waals surface area (Å²) in [5.74, 6) is -0.0165. The fourth-order valence-electron chi connectivity index (χ4n) is 3.40. The maximum absolute atomic E-state index is 12.6. The van der Waals surface area contributed by atoms with E-state index in [1.165, 1.54) is 11.1 Å². The van der Waals surface area contributed by atoms with Crippen molar-refractivity contribution < 1.29 is 9.53 Å². The average Bonchev–Trinajstić information content (AvgIpc) is 2.69. The summed E-state index contributed by atoms with van der Waals surface area (Å²) in [7, 11) is 0. The first-order chi connectivity index (χ1) is 12.7. The van der Waals surface area contributed by atoms with Crippen LogP contribution in [0.5, 0.6) is 0 Å². The lowest BCUT2D eigenvalue weighted by Gasteiger charge is -2.35. The maximum atomic E-state index is 12.6. The number of benzene rings is 2. The van der Waals surface area contributed by atoms with Crippen LogP contribution in [0.25, 0.3) is 0 Å². The molecule has 4 heteroatoms. The van der Waals surface area contributed by atoms with Crippen molar-refractivity contribution in [3.63, 3.8) is 0 Å². The molecule has 0 spiro atoms. The summed E-state index contributed by atoms with van der Waals surface area (Å²) in [4.78, 5) is 15.0. The predicted molar refractivity (Wildman–Crippen MR) is 104 cm³/mol. The highest BCUT2D eigenvalue weighted by atomic mass is 16.5. The Morgan fingerprint density at radius 2 is 1.88 bits per heavy atom. The molecule has 0 unspecified atom stereocenters. The van der Waals surface area contributed by atoms with E-state index in [1.807, 2.05) is 31.2 Å². The molecule has 1 atom stereocenters. The number of carbonyl (C=O) groups excluding carboxylic acids is 1. The number of rotatable bonds is 6. The molecule has 0 radical (unpaired) electrons. The fourth-order valence-corrected chi connectivity index (χ4v) is 3.40. The quantitative estimate of drug-likeness (QED) is 0.867. The van der Waals surface area contributed by atoms with Crippen LogP contribution in [0, 0.1) is 6.92 Å². The van der Waals surface area contributed by atoms with Gasteiger partial charge in [-0.3, -0.25) is 9.69 Å². The van der Waals surface area contributed by atoms with Gasteiger partial charge in [0.1, 0.15) is 0 Å². The minimum absolute atomic E-state index is 0.0165. The molecule has 2 aromatic carbocycles. The van der Waals surface area contributed by atoms with Crippen LogP contribution in [0.15, 0.2) is 48.5 Å². The SMILES string of the molecule is CCc1ccc([C@@H](CNC(=O)c2cccc(C)c2)N2CCOCC2)cc1. The van der Waals surface area contributed by atoms with E-state index in [0.29, 0.717) is 12.1 Å². The third-order valence-corrected chi connectivity index (χ3v) is 5.00. The zero-order valence-corrected chi connectivity index (χ0v) is 15.7. The Labute approximate surface area is 156 Å². The van der Waals surface area contributed by atoms with Crippen molar-refractivity contribution >= 4 is 5.91 Å². The number of hydrogen-bond donors (Lipinski definition) is 1. The van der Waals surface area contributed by atoms with Crippen molar-refractivity contribution in [1.29, 1.82) is 0 Å². The van der Waals surface area contributed by atoms with Gasteiger partial charge in [-0.15, -0.1) is 0 Å². The Kier molecular flexibility index (Phi) is 6.42. The molecule has 0 saturated carbocycles. The zero-order chi connectivity index (χ0) is 18.4. The van der Waals surface area contributed by atoms with Crippen molar-refractivity contribution in [3.8, 4) is 0 Å². The number of hydrogen-bond acceptors (Lipinski definition) is 3. The lowest BCUT2D eigenvalue weighted by Crippen LogP contribution is -2.43. The monoisotopic (exact) mass is 352 g/mol. The summed E-state index contributed by atoms with van der Waals surface area (Å²) in [6.45, 7) is 8.03. The highest BCUT2D eigenvalue weighted by Crippen LogP contribution is 2.22. The van der Waals surface area contributed by atoms with Gasteiger partial charge >= 0.3 is 0 Å².